The highest BCUT2D eigenvalue weighted by molar-refractivity contribution is 6.21. The maximum absolute atomic E-state index is 6.46. The Bertz CT molecular complexity index is 402. The number of hydrogen-bond donors (Lipinski definition) is 0. The molecule has 0 spiro atoms. The second kappa shape index (κ2) is 6.08. The smallest absolute Gasteiger partial charge is 0.0491 e. The Balaban J connectivity index is 2.01. The van der Waals surface area contributed by atoms with E-state index in [4.69, 9.17) is 11.6 Å². The van der Waals surface area contributed by atoms with Crippen molar-refractivity contribution in [3.63, 3.8) is 0 Å². The molecule has 0 radical (unpaired) electrons. The summed E-state index contributed by atoms with van der Waals surface area (Å²) in [6, 6.07) is 7.31. The first-order valence-corrected chi connectivity index (χ1v) is 7.42. The zero-order valence-corrected chi connectivity index (χ0v) is 12.5. The lowest BCUT2D eigenvalue weighted by atomic mass is 9.93. The highest BCUT2D eigenvalue weighted by Crippen LogP contribution is 2.27. The van der Waals surface area contributed by atoms with Crippen LogP contribution in [-0.4, -0.2) is 23.4 Å². The van der Waals surface area contributed by atoms with Crippen LogP contribution in [0.5, 0.6) is 0 Å². The molecule has 18 heavy (non-hydrogen) atoms. The van der Waals surface area contributed by atoms with Crippen LogP contribution in [0.4, 0.5) is 0 Å². The van der Waals surface area contributed by atoms with E-state index in [-0.39, 0.29) is 0 Å². The van der Waals surface area contributed by atoms with Crippen LogP contribution in [0.2, 0.25) is 0 Å². The van der Waals surface area contributed by atoms with Crippen molar-refractivity contribution in [3.8, 4) is 0 Å². The Hall–Kier alpha value is -0.530. The summed E-state index contributed by atoms with van der Waals surface area (Å²) in [6.45, 7) is 5.36. The van der Waals surface area contributed by atoms with Crippen LogP contribution in [0.25, 0.3) is 0 Å². The molecule has 2 heteroatoms. The largest absolute Gasteiger partial charge is 0.298 e. The summed E-state index contributed by atoms with van der Waals surface area (Å²) in [6.07, 6.45) is 5.03. The van der Waals surface area contributed by atoms with Gasteiger partial charge in [0.05, 0.1) is 0 Å². The monoisotopic (exact) mass is 265 g/mol. The highest BCUT2D eigenvalue weighted by Gasteiger charge is 2.26. The fourth-order valence-corrected chi connectivity index (χ4v) is 3.34. The van der Waals surface area contributed by atoms with Crippen LogP contribution in [0.1, 0.15) is 42.4 Å². The van der Waals surface area contributed by atoms with Crippen LogP contribution < -0.4 is 0 Å². The molecule has 100 valence electrons. The zero-order valence-electron chi connectivity index (χ0n) is 11.7. The summed E-state index contributed by atoms with van der Waals surface area (Å²) in [5, 5.41) is 0.329. The van der Waals surface area contributed by atoms with Crippen molar-refractivity contribution in [1.29, 1.82) is 0 Å². The third-order valence-electron chi connectivity index (χ3n) is 4.22. The van der Waals surface area contributed by atoms with Gasteiger partial charge in [0, 0.05) is 18.0 Å². The van der Waals surface area contributed by atoms with E-state index >= 15 is 0 Å². The summed E-state index contributed by atoms with van der Waals surface area (Å²) in [7, 11) is 2.21. The molecule has 1 aromatic carbocycles. The van der Waals surface area contributed by atoms with Gasteiger partial charge in [-0.05, 0) is 50.4 Å². The molecule has 0 bridgehead atoms. The van der Waals surface area contributed by atoms with Gasteiger partial charge in [-0.15, -0.1) is 11.6 Å². The lowest BCUT2D eigenvalue weighted by molar-refractivity contribution is 0.188. The van der Waals surface area contributed by atoms with Gasteiger partial charge in [-0.2, -0.15) is 0 Å². The standard InChI is InChI=1S/C16H24ClN/c1-12-8-9-14(10-13(12)2)11-18(3)16-7-5-4-6-15(16)17/h8-10,15-16H,4-7,11H2,1-3H3. The number of halogens is 1. The minimum absolute atomic E-state index is 0.329. The number of hydrogen-bond acceptors (Lipinski definition) is 1. The first-order valence-electron chi connectivity index (χ1n) is 6.98. The van der Waals surface area contributed by atoms with Crippen LogP contribution >= 0.6 is 11.6 Å². The van der Waals surface area contributed by atoms with E-state index in [0.717, 1.165) is 6.54 Å². The average Bonchev–Trinajstić information content (AvgIpc) is 2.34. The Morgan fingerprint density at radius 2 is 1.89 bits per heavy atom. The van der Waals surface area contributed by atoms with Gasteiger partial charge in [0.1, 0.15) is 0 Å². The van der Waals surface area contributed by atoms with E-state index in [0.29, 0.717) is 11.4 Å². The quantitative estimate of drug-likeness (QED) is 0.737. The number of nitrogens with zero attached hydrogens (tertiary/aromatic N) is 1. The van der Waals surface area contributed by atoms with Crippen LogP contribution in [-0.2, 0) is 6.54 Å². The van der Waals surface area contributed by atoms with E-state index in [9.17, 15) is 0 Å². The van der Waals surface area contributed by atoms with E-state index < -0.39 is 0 Å². The van der Waals surface area contributed by atoms with Crippen LogP contribution in [0.15, 0.2) is 18.2 Å². The molecule has 1 fully saturated rings. The molecule has 0 aromatic heterocycles. The molecule has 1 aliphatic rings. The van der Waals surface area contributed by atoms with Gasteiger partial charge in [0.15, 0.2) is 0 Å². The fraction of sp³-hybridized carbons (Fsp3) is 0.625. The third kappa shape index (κ3) is 3.27. The SMILES string of the molecule is Cc1ccc(CN(C)C2CCCCC2Cl)cc1C. The lowest BCUT2D eigenvalue weighted by Gasteiger charge is -2.35. The average molecular weight is 266 g/mol. The predicted octanol–water partition coefficient (Wildman–Crippen LogP) is 4.29. The van der Waals surface area contributed by atoms with Crippen molar-refractivity contribution in [2.75, 3.05) is 7.05 Å². The molecule has 0 aliphatic heterocycles. The van der Waals surface area contributed by atoms with Crippen LogP contribution in [0, 0.1) is 13.8 Å². The maximum Gasteiger partial charge on any atom is 0.0491 e. The van der Waals surface area contributed by atoms with Gasteiger partial charge < -0.3 is 0 Å². The van der Waals surface area contributed by atoms with Gasteiger partial charge in [-0.1, -0.05) is 31.0 Å². The zero-order chi connectivity index (χ0) is 13.1. The van der Waals surface area contributed by atoms with E-state index in [1.54, 1.807) is 0 Å². The van der Waals surface area contributed by atoms with Crippen molar-refractivity contribution in [2.24, 2.45) is 0 Å². The molecule has 1 aromatic rings. The number of benzene rings is 1. The van der Waals surface area contributed by atoms with Crippen molar-refractivity contribution >= 4 is 11.6 Å². The predicted molar refractivity (Wildman–Crippen MR) is 79.3 cm³/mol. The Kier molecular flexibility index (Phi) is 4.69. The van der Waals surface area contributed by atoms with Gasteiger partial charge >= 0.3 is 0 Å². The lowest BCUT2D eigenvalue weighted by Crippen LogP contribution is -2.40. The fourth-order valence-electron chi connectivity index (χ4n) is 2.87. The second-order valence-electron chi connectivity index (χ2n) is 5.70. The molecule has 0 saturated heterocycles. The van der Waals surface area contributed by atoms with Crippen LogP contribution in [0.3, 0.4) is 0 Å². The summed E-state index contributed by atoms with van der Waals surface area (Å²) in [5.41, 5.74) is 4.15. The molecular formula is C16H24ClN. The highest BCUT2D eigenvalue weighted by atomic mass is 35.5. The van der Waals surface area contributed by atoms with Gasteiger partial charge in [-0.3, -0.25) is 4.90 Å². The van der Waals surface area contributed by atoms with E-state index in [1.165, 1.54) is 42.4 Å². The van der Waals surface area contributed by atoms with Gasteiger partial charge in [0.25, 0.3) is 0 Å². The van der Waals surface area contributed by atoms with Crippen molar-refractivity contribution < 1.29 is 0 Å². The Labute approximate surface area is 116 Å². The minimum Gasteiger partial charge on any atom is -0.298 e. The third-order valence-corrected chi connectivity index (χ3v) is 4.73. The summed E-state index contributed by atoms with van der Waals surface area (Å²) in [5.74, 6) is 0. The van der Waals surface area contributed by atoms with Gasteiger partial charge in [0.2, 0.25) is 0 Å². The molecule has 2 atom stereocenters. The molecule has 0 N–H and O–H groups in total. The van der Waals surface area contributed by atoms with Gasteiger partial charge in [-0.25, -0.2) is 0 Å². The molecule has 2 rings (SSSR count). The molecule has 2 unspecified atom stereocenters. The number of alkyl halides is 1. The second-order valence-corrected chi connectivity index (χ2v) is 6.26. The normalized spacial score (nSPS) is 24.5. The van der Waals surface area contributed by atoms with Crippen molar-refractivity contribution in [3.05, 3.63) is 34.9 Å². The molecule has 0 amide bonds. The van der Waals surface area contributed by atoms with E-state index in [2.05, 4.69) is 44.0 Å². The minimum atomic E-state index is 0.329. The molecular weight excluding hydrogens is 242 g/mol. The first kappa shape index (κ1) is 13.9. The molecule has 1 nitrogen and oxygen atoms in total. The summed E-state index contributed by atoms with van der Waals surface area (Å²) < 4.78 is 0. The number of aryl methyl sites for hydroxylation is 2. The van der Waals surface area contributed by atoms with Crippen molar-refractivity contribution in [2.45, 2.75) is 57.5 Å². The topological polar surface area (TPSA) is 3.24 Å². The molecule has 1 saturated carbocycles. The van der Waals surface area contributed by atoms with Crippen molar-refractivity contribution in [1.82, 2.24) is 4.90 Å². The maximum atomic E-state index is 6.46. The first-order chi connectivity index (χ1) is 8.58. The number of rotatable bonds is 3. The summed E-state index contributed by atoms with van der Waals surface area (Å²) in [4.78, 5) is 2.43. The summed E-state index contributed by atoms with van der Waals surface area (Å²) >= 11 is 6.46. The Morgan fingerprint density at radius 1 is 1.17 bits per heavy atom. The molecule has 0 heterocycles. The Morgan fingerprint density at radius 3 is 2.56 bits per heavy atom. The molecule has 1 aliphatic carbocycles. The van der Waals surface area contributed by atoms with E-state index in [1.807, 2.05) is 0 Å².